The first-order valence-electron chi connectivity index (χ1n) is 5.44. The molecule has 0 aliphatic carbocycles. The van der Waals surface area contributed by atoms with E-state index in [2.05, 4.69) is 0 Å². The van der Waals surface area contributed by atoms with E-state index in [0.29, 0.717) is 21.4 Å². The van der Waals surface area contributed by atoms with E-state index in [9.17, 15) is 9.00 Å². The molecule has 100 valence electrons. The molecule has 6 heteroatoms. The molecule has 0 aliphatic rings. The molecule has 1 atom stereocenters. The largest absolute Gasteiger partial charge is 0.478 e. The van der Waals surface area contributed by atoms with Crippen molar-refractivity contribution in [3.05, 3.63) is 52.4 Å². The number of halogens is 1. The second kappa shape index (κ2) is 5.59. The SMILES string of the molecule is Cc1oc(CS(=O)c2ccccc2Cl)cc1C(=O)O. The van der Waals surface area contributed by atoms with Gasteiger partial charge in [-0.05, 0) is 25.1 Å². The van der Waals surface area contributed by atoms with Crippen LogP contribution in [0.4, 0.5) is 0 Å². The number of hydrogen-bond acceptors (Lipinski definition) is 3. The van der Waals surface area contributed by atoms with Gasteiger partial charge in [-0.3, -0.25) is 4.21 Å². The summed E-state index contributed by atoms with van der Waals surface area (Å²) in [5.74, 6) is -0.291. The van der Waals surface area contributed by atoms with Crippen LogP contribution in [0.5, 0.6) is 0 Å². The Bertz CT molecular complexity index is 648. The monoisotopic (exact) mass is 298 g/mol. The van der Waals surface area contributed by atoms with Crippen LogP contribution >= 0.6 is 11.6 Å². The van der Waals surface area contributed by atoms with Gasteiger partial charge in [0.25, 0.3) is 0 Å². The van der Waals surface area contributed by atoms with Gasteiger partial charge in [-0.15, -0.1) is 0 Å². The molecule has 2 rings (SSSR count). The maximum atomic E-state index is 12.1. The van der Waals surface area contributed by atoms with Crippen LogP contribution in [0.1, 0.15) is 21.9 Å². The zero-order valence-electron chi connectivity index (χ0n) is 10.1. The van der Waals surface area contributed by atoms with Gasteiger partial charge in [-0.1, -0.05) is 23.7 Å². The summed E-state index contributed by atoms with van der Waals surface area (Å²) >= 11 is 5.95. The summed E-state index contributed by atoms with van der Waals surface area (Å²) in [7, 11) is -1.37. The second-order valence-electron chi connectivity index (χ2n) is 3.91. The van der Waals surface area contributed by atoms with Gasteiger partial charge in [0.2, 0.25) is 0 Å². The molecule has 0 bridgehead atoms. The van der Waals surface area contributed by atoms with Crippen molar-refractivity contribution in [2.24, 2.45) is 0 Å². The van der Waals surface area contributed by atoms with Crippen molar-refractivity contribution in [1.82, 2.24) is 0 Å². The second-order valence-corrected chi connectivity index (χ2v) is 5.73. The van der Waals surface area contributed by atoms with Gasteiger partial charge in [0.1, 0.15) is 17.1 Å². The summed E-state index contributed by atoms with van der Waals surface area (Å²) in [6, 6.07) is 8.22. The maximum Gasteiger partial charge on any atom is 0.339 e. The third-order valence-corrected chi connectivity index (χ3v) is 4.39. The first-order chi connectivity index (χ1) is 8.99. The van der Waals surface area contributed by atoms with Crippen LogP contribution in [0.15, 0.2) is 39.6 Å². The normalized spacial score (nSPS) is 12.3. The van der Waals surface area contributed by atoms with Crippen LogP contribution in [-0.4, -0.2) is 15.3 Å². The lowest BCUT2D eigenvalue weighted by Gasteiger charge is -2.02. The Morgan fingerprint density at radius 3 is 2.68 bits per heavy atom. The Hall–Kier alpha value is -1.59. The zero-order valence-corrected chi connectivity index (χ0v) is 11.6. The standard InChI is InChI=1S/C13H11ClO4S/c1-8-10(13(15)16)6-9(18-8)7-19(17)12-5-3-2-4-11(12)14/h2-6H,7H2,1H3,(H,15,16). The molecule has 0 radical (unpaired) electrons. The van der Waals surface area contributed by atoms with Crippen LogP contribution in [0.3, 0.4) is 0 Å². The highest BCUT2D eigenvalue weighted by Crippen LogP contribution is 2.23. The van der Waals surface area contributed by atoms with Crippen molar-refractivity contribution in [3.8, 4) is 0 Å². The number of carboxylic acids is 1. The Morgan fingerprint density at radius 2 is 2.11 bits per heavy atom. The Labute approximate surface area is 117 Å². The number of benzene rings is 1. The third-order valence-electron chi connectivity index (χ3n) is 2.55. The van der Waals surface area contributed by atoms with Crippen molar-refractivity contribution < 1.29 is 18.5 Å². The van der Waals surface area contributed by atoms with Crippen LogP contribution < -0.4 is 0 Å². The van der Waals surface area contributed by atoms with E-state index in [-0.39, 0.29) is 11.3 Å². The highest BCUT2D eigenvalue weighted by Gasteiger charge is 2.16. The fourth-order valence-corrected chi connectivity index (χ4v) is 3.13. The van der Waals surface area contributed by atoms with Gasteiger partial charge in [-0.25, -0.2) is 4.79 Å². The number of aryl methyl sites for hydroxylation is 1. The van der Waals surface area contributed by atoms with Gasteiger partial charge >= 0.3 is 5.97 Å². The van der Waals surface area contributed by atoms with E-state index in [1.54, 1.807) is 31.2 Å². The third kappa shape index (κ3) is 3.05. The van der Waals surface area contributed by atoms with E-state index >= 15 is 0 Å². The van der Waals surface area contributed by atoms with Crippen molar-refractivity contribution in [3.63, 3.8) is 0 Å². The molecule has 4 nitrogen and oxygen atoms in total. The Balaban J connectivity index is 2.22. The van der Waals surface area contributed by atoms with Crippen LogP contribution in [0.2, 0.25) is 5.02 Å². The van der Waals surface area contributed by atoms with Crippen molar-refractivity contribution >= 4 is 28.4 Å². The first kappa shape index (κ1) is 13.8. The minimum Gasteiger partial charge on any atom is -0.478 e. The molecule has 0 spiro atoms. The van der Waals surface area contributed by atoms with Crippen LogP contribution in [0, 0.1) is 6.92 Å². The highest BCUT2D eigenvalue weighted by atomic mass is 35.5. The van der Waals surface area contributed by atoms with Gasteiger partial charge < -0.3 is 9.52 Å². The average molecular weight is 299 g/mol. The molecule has 1 aromatic carbocycles. The topological polar surface area (TPSA) is 67.5 Å². The Morgan fingerprint density at radius 1 is 1.42 bits per heavy atom. The highest BCUT2D eigenvalue weighted by molar-refractivity contribution is 7.84. The van der Waals surface area contributed by atoms with E-state index in [0.717, 1.165) is 0 Å². The number of furan rings is 1. The van der Waals surface area contributed by atoms with Crippen LogP contribution in [-0.2, 0) is 16.6 Å². The summed E-state index contributed by atoms with van der Waals surface area (Å²) < 4.78 is 17.4. The molecule has 1 N–H and O–H groups in total. The summed E-state index contributed by atoms with van der Waals surface area (Å²) in [5, 5.41) is 9.34. The molecule has 0 saturated heterocycles. The minimum absolute atomic E-state index is 0.0890. The molecule has 0 saturated carbocycles. The Kier molecular flexibility index (Phi) is 4.07. The first-order valence-corrected chi connectivity index (χ1v) is 7.14. The number of carbonyl (C=O) groups is 1. The predicted octanol–water partition coefficient (Wildman–Crippen LogP) is 3.25. The quantitative estimate of drug-likeness (QED) is 0.941. The molecule has 1 heterocycles. The molecule has 0 amide bonds. The van der Waals surface area contributed by atoms with Crippen molar-refractivity contribution in [1.29, 1.82) is 0 Å². The molecule has 0 fully saturated rings. The lowest BCUT2D eigenvalue weighted by molar-refractivity contribution is 0.0695. The summed E-state index contributed by atoms with van der Waals surface area (Å²) in [4.78, 5) is 11.4. The predicted molar refractivity (Wildman–Crippen MR) is 72.0 cm³/mol. The molecular formula is C13H11ClO4S. The van der Waals surface area contributed by atoms with Gasteiger partial charge in [0, 0.05) is 0 Å². The fourth-order valence-electron chi connectivity index (χ4n) is 1.66. The average Bonchev–Trinajstić information content (AvgIpc) is 2.70. The van der Waals surface area contributed by atoms with Gasteiger partial charge in [-0.2, -0.15) is 0 Å². The maximum absolute atomic E-state index is 12.1. The van der Waals surface area contributed by atoms with Crippen molar-refractivity contribution in [2.75, 3.05) is 0 Å². The van der Waals surface area contributed by atoms with E-state index in [1.165, 1.54) is 6.07 Å². The molecule has 0 aliphatic heterocycles. The lowest BCUT2D eigenvalue weighted by Crippen LogP contribution is -1.97. The molecule has 2 aromatic rings. The molecular weight excluding hydrogens is 288 g/mol. The summed E-state index contributed by atoms with van der Waals surface area (Å²) in [6.07, 6.45) is 0. The number of carboxylic acid groups (broad SMARTS) is 1. The van der Waals surface area contributed by atoms with E-state index in [1.807, 2.05) is 0 Å². The molecule has 1 aromatic heterocycles. The summed E-state index contributed by atoms with van der Waals surface area (Å²) in [5.41, 5.74) is 0.0890. The smallest absolute Gasteiger partial charge is 0.339 e. The van der Waals surface area contributed by atoms with Crippen molar-refractivity contribution in [2.45, 2.75) is 17.6 Å². The fraction of sp³-hybridized carbons (Fsp3) is 0.154. The minimum atomic E-state index is -1.37. The lowest BCUT2D eigenvalue weighted by atomic mass is 10.2. The number of hydrogen-bond donors (Lipinski definition) is 1. The van der Waals surface area contributed by atoms with Crippen LogP contribution in [0.25, 0.3) is 0 Å². The van der Waals surface area contributed by atoms with E-state index in [4.69, 9.17) is 21.1 Å². The number of rotatable bonds is 4. The van der Waals surface area contributed by atoms with Gasteiger partial charge in [0.05, 0.1) is 26.5 Å². The summed E-state index contributed by atoms with van der Waals surface area (Å²) in [6.45, 7) is 1.56. The zero-order chi connectivity index (χ0) is 14.0. The van der Waals surface area contributed by atoms with Gasteiger partial charge in [0.15, 0.2) is 0 Å². The van der Waals surface area contributed by atoms with E-state index < -0.39 is 16.8 Å². The number of aromatic carboxylic acids is 1. The molecule has 1 unspecified atom stereocenters. The molecule has 19 heavy (non-hydrogen) atoms.